The number of hydrogen-bond acceptors (Lipinski definition) is 6. The molecule has 7 heteroatoms. The van der Waals surface area contributed by atoms with Crippen molar-refractivity contribution in [3.63, 3.8) is 0 Å². The molecule has 0 fully saturated rings. The zero-order valence-corrected chi connectivity index (χ0v) is 29.4. The average Bonchev–Trinajstić information content (AvgIpc) is 3.09. The summed E-state index contributed by atoms with van der Waals surface area (Å²) in [6.07, 6.45) is 0. The van der Waals surface area contributed by atoms with Crippen LogP contribution in [-0.2, 0) is 16.8 Å². The van der Waals surface area contributed by atoms with Crippen LogP contribution in [-0.4, -0.2) is 29.9 Å². The van der Waals surface area contributed by atoms with Gasteiger partial charge in [-0.15, -0.1) is 0 Å². The monoisotopic (exact) mass is 683 g/mol. The molecular weight excluding hydrogens is 647 g/mol. The van der Waals surface area contributed by atoms with Crippen molar-refractivity contribution in [2.45, 2.75) is 41.5 Å². The first-order valence-corrected chi connectivity index (χ1v) is 16.1. The number of hydrogen-bond donors (Lipinski definition) is 0. The van der Waals surface area contributed by atoms with E-state index in [1.807, 2.05) is 77.9 Å². The topological polar surface area (TPSA) is 77.3 Å². The van der Waals surface area contributed by atoms with Crippen LogP contribution >= 0.6 is 0 Å². The smallest absolute Gasteiger partial charge is 0.0967 e. The molecule has 6 nitrogen and oxygen atoms in total. The van der Waals surface area contributed by atoms with Gasteiger partial charge in [0, 0.05) is 83.3 Å². The molecule has 0 atom stereocenters. The Morgan fingerprint density at radius 3 is 0.490 bits per heavy atom. The normalized spacial score (nSPS) is 10.9. The predicted molar refractivity (Wildman–Crippen MR) is 200 cm³/mol. The Morgan fingerprint density at radius 2 is 0.347 bits per heavy atom. The van der Waals surface area contributed by atoms with Crippen LogP contribution in [0.2, 0.25) is 0 Å². The number of fused-ring (bicyclic) bond motifs is 9. The van der Waals surface area contributed by atoms with Gasteiger partial charge in [0.1, 0.15) is 0 Å². The maximum atomic E-state index is 4.58. The molecule has 3 aromatic carbocycles. The van der Waals surface area contributed by atoms with Crippen LogP contribution in [0.25, 0.3) is 65.4 Å². The molecule has 0 unspecified atom stereocenters. The molecule has 0 aliphatic rings. The third kappa shape index (κ3) is 7.09. The first kappa shape index (κ1) is 33.5. The Labute approximate surface area is 295 Å². The maximum absolute atomic E-state index is 4.58. The molecule has 6 heterocycles. The van der Waals surface area contributed by atoms with E-state index >= 15 is 0 Å². The molecule has 49 heavy (non-hydrogen) atoms. The Bertz CT molecular complexity index is 2180. The Hall–Kier alpha value is -5.37. The van der Waals surface area contributed by atoms with Crippen molar-refractivity contribution < 1.29 is 16.8 Å². The number of pyridine rings is 6. The summed E-state index contributed by atoms with van der Waals surface area (Å²) < 4.78 is 0. The van der Waals surface area contributed by atoms with E-state index in [9.17, 15) is 0 Å². The van der Waals surface area contributed by atoms with Crippen LogP contribution in [0.15, 0.2) is 109 Å². The molecule has 1 radical (unpaired) electrons. The molecule has 6 aromatic heterocycles. The standard InChI is InChI=1S/3C14H12N2.Co/c3*1-9-3-5-11-7-8-12-6-4-10(2)16-14(12)13(11)15-9;/h3*3-8H,1-2H3;. The molecule has 0 saturated carbocycles. The minimum Gasteiger partial charge on any atom is -0.251 e. The van der Waals surface area contributed by atoms with Gasteiger partial charge >= 0.3 is 0 Å². The fourth-order valence-electron chi connectivity index (χ4n) is 5.89. The number of nitrogens with zero attached hydrogens (tertiary/aromatic N) is 6. The zero-order chi connectivity index (χ0) is 33.4. The minimum absolute atomic E-state index is 0. The fourth-order valence-corrected chi connectivity index (χ4v) is 5.89. The van der Waals surface area contributed by atoms with E-state index in [-0.39, 0.29) is 16.8 Å². The van der Waals surface area contributed by atoms with Crippen molar-refractivity contribution >= 4 is 65.4 Å². The van der Waals surface area contributed by atoms with E-state index in [0.29, 0.717) is 0 Å². The van der Waals surface area contributed by atoms with Crippen LogP contribution in [0.1, 0.15) is 34.2 Å². The van der Waals surface area contributed by atoms with Crippen LogP contribution in [0.3, 0.4) is 0 Å². The Balaban J connectivity index is 0.000000126. The van der Waals surface area contributed by atoms with Crippen LogP contribution < -0.4 is 0 Å². The summed E-state index contributed by atoms with van der Waals surface area (Å²) in [6, 6.07) is 37.4. The van der Waals surface area contributed by atoms with Gasteiger partial charge in [-0.1, -0.05) is 72.8 Å². The molecule has 0 bridgehead atoms. The van der Waals surface area contributed by atoms with E-state index in [1.54, 1.807) is 0 Å². The van der Waals surface area contributed by atoms with Crippen molar-refractivity contribution in [2.75, 3.05) is 0 Å². The molecule has 243 valence electrons. The molecule has 0 N–H and O–H groups in total. The summed E-state index contributed by atoms with van der Waals surface area (Å²) in [7, 11) is 0. The predicted octanol–water partition coefficient (Wildman–Crippen LogP) is 10.2. The van der Waals surface area contributed by atoms with Gasteiger partial charge in [-0.3, -0.25) is 29.9 Å². The second-order valence-electron chi connectivity index (χ2n) is 12.3. The Kier molecular flexibility index (Phi) is 9.58. The first-order chi connectivity index (χ1) is 23.2. The van der Waals surface area contributed by atoms with E-state index < -0.39 is 0 Å². The van der Waals surface area contributed by atoms with Crippen molar-refractivity contribution in [3.8, 4) is 0 Å². The SMILES string of the molecule is Cc1ccc2ccc3ccc(C)nc3c2n1.Cc1ccc2ccc3ccc(C)nc3c2n1.Cc1ccc2ccc3ccc(C)nc3c2n1.[Co]. The molecular formula is C42H36CoN6. The third-order valence-electron chi connectivity index (χ3n) is 8.39. The van der Waals surface area contributed by atoms with Crippen LogP contribution in [0.5, 0.6) is 0 Å². The van der Waals surface area contributed by atoms with Gasteiger partial charge in [-0.05, 0) is 77.9 Å². The minimum atomic E-state index is 0. The van der Waals surface area contributed by atoms with E-state index in [1.165, 1.54) is 0 Å². The van der Waals surface area contributed by atoms with E-state index in [0.717, 1.165) is 99.6 Å². The molecule has 9 rings (SSSR count). The number of aromatic nitrogens is 6. The summed E-state index contributed by atoms with van der Waals surface area (Å²) in [5.41, 5.74) is 12.2. The second-order valence-corrected chi connectivity index (χ2v) is 12.3. The van der Waals surface area contributed by atoms with E-state index in [2.05, 4.69) is 103 Å². The van der Waals surface area contributed by atoms with Crippen molar-refractivity contribution in [2.24, 2.45) is 0 Å². The second kappa shape index (κ2) is 14.0. The summed E-state index contributed by atoms with van der Waals surface area (Å²) in [6.45, 7) is 12.0. The number of rotatable bonds is 0. The summed E-state index contributed by atoms with van der Waals surface area (Å²) >= 11 is 0. The molecule has 0 aliphatic heterocycles. The molecule has 0 saturated heterocycles. The van der Waals surface area contributed by atoms with E-state index in [4.69, 9.17) is 0 Å². The fraction of sp³-hybridized carbons (Fsp3) is 0.143. The largest absolute Gasteiger partial charge is 0.251 e. The zero-order valence-electron chi connectivity index (χ0n) is 28.4. The summed E-state index contributed by atoms with van der Waals surface area (Å²) in [5, 5.41) is 6.90. The van der Waals surface area contributed by atoms with Crippen molar-refractivity contribution in [3.05, 3.63) is 143 Å². The van der Waals surface area contributed by atoms with Crippen LogP contribution in [0, 0.1) is 41.5 Å². The molecule has 9 aromatic rings. The van der Waals surface area contributed by atoms with Gasteiger partial charge < -0.3 is 0 Å². The molecule has 0 amide bonds. The van der Waals surface area contributed by atoms with Crippen LogP contribution in [0.4, 0.5) is 0 Å². The van der Waals surface area contributed by atoms with Crippen molar-refractivity contribution in [1.29, 1.82) is 0 Å². The van der Waals surface area contributed by atoms with Gasteiger partial charge in [0.05, 0.1) is 33.1 Å². The van der Waals surface area contributed by atoms with Gasteiger partial charge in [-0.2, -0.15) is 0 Å². The average molecular weight is 684 g/mol. The van der Waals surface area contributed by atoms with Gasteiger partial charge in [-0.25, -0.2) is 0 Å². The Morgan fingerprint density at radius 1 is 0.224 bits per heavy atom. The summed E-state index contributed by atoms with van der Waals surface area (Å²) in [4.78, 5) is 27.5. The van der Waals surface area contributed by atoms with Gasteiger partial charge in [0.25, 0.3) is 0 Å². The summed E-state index contributed by atoms with van der Waals surface area (Å²) in [5.74, 6) is 0. The number of aryl methyl sites for hydroxylation is 6. The van der Waals surface area contributed by atoms with Gasteiger partial charge in [0.15, 0.2) is 0 Å². The number of benzene rings is 3. The molecule has 0 aliphatic carbocycles. The first-order valence-electron chi connectivity index (χ1n) is 16.1. The van der Waals surface area contributed by atoms with Gasteiger partial charge in [0.2, 0.25) is 0 Å². The molecule has 0 spiro atoms. The quantitative estimate of drug-likeness (QED) is 0.148. The van der Waals surface area contributed by atoms with Crippen molar-refractivity contribution in [1.82, 2.24) is 29.9 Å². The maximum Gasteiger partial charge on any atom is 0.0967 e. The third-order valence-corrected chi connectivity index (χ3v) is 8.39.